The van der Waals surface area contributed by atoms with E-state index >= 15 is 0 Å². The Bertz CT molecular complexity index is 805. The third kappa shape index (κ3) is 4.10. The fourth-order valence-corrected chi connectivity index (χ4v) is 2.44. The van der Waals surface area contributed by atoms with E-state index in [1.807, 2.05) is 30.3 Å². The van der Waals surface area contributed by atoms with Gasteiger partial charge >= 0.3 is 0 Å². The minimum Gasteiger partial charge on any atom is -0.508 e. The molecule has 116 valence electrons. The summed E-state index contributed by atoms with van der Waals surface area (Å²) in [7, 11) is 0. The third-order valence-corrected chi connectivity index (χ3v) is 3.70. The molecular formula is C16H13N3O3S. The molecular weight excluding hydrogens is 314 g/mol. The Hall–Kier alpha value is -2.80. The Labute approximate surface area is 136 Å². The number of hydrogen-bond acceptors (Lipinski definition) is 6. The molecule has 0 fully saturated rings. The van der Waals surface area contributed by atoms with Gasteiger partial charge in [0.05, 0.1) is 5.75 Å². The fraction of sp³-hybridized carbons (Fsp3) is 0.0625. The molecule has 3 aromatic rings. The maximum atomic E-state index is 11.9. The molecule has 6 nitrogen and oxygen atoms in total. The molecule has 0 saturated carbocycles. The highest BCUT2D eigenvalue weighted by Crippen LogP contribution is 2.23. The smallest absolute Gasteiger partial charge is 0.277 e. The Kier molecular flexibility index (Phi) is 4.58. The van der Waals surface area contributed by atoms with E-state index in [1.165, 1.54) is 12.1 Å². The fourth-order valence-electron chi connectivity index (χ4n) is 1.87. The average molecular weight is 327 g/mol. The summed E-state index contributed by atoms with van der Waals surface area (Å²) in [5.41, 5.74) is 1.36. The van der Waals surface area contributed by atoms with Crippen molar-refractivity contribution in [2.75, 3.05) is 11.1 Å². The summed E-state index contributed by atoms with van der Waals surface area (Å²) in [6.07, 6.45) is 0. The van der Waals surface area contributed by atoms with Crippen LogP contribution in [-0.2, 0) is 4.79 Å². The molecule has 3 rings (SSSR count). The van der Waals surface area contributed by atoms with Crippen LogP contribution in [0.3, 0.4) is 0 Å². The number of phenolic OH excluding ortho intramolecular Hbond substituents is 1. The van der Waals surface area contributed by atoms with Crippen LogP contribution in [0.15, 0.2) is 64.2 Å². The SMILES string of the molecule is O=C(CSc1nnc(-c2ccccc2)o1)Nc1cccc(O)c1. The molecule has 7 heteroatoms. The molecule has 0 atom stereocenters. The van der Waals surface area contributed by atoms with Crippen LogP contribution < -0.4 is 5.32 Å². The lowest BCUT2D eigenvalue weighted by Gasteiger charge is -2.03. The molecule has 0 radical (unpaired) electrons. The van der Waals surface area contributed by atoms with Crippen LogP contribution in [-0.4, -0.2) is 27.0 Å². The lowest BCUT2D eigenvalue weighted by atomic mass is 10.2. The highest BCUT2D eigenvalue weighted by Gasteiger charge is 2.11. The maximum Gasteiger partial charge on any atom is 0.277 e. The van der Waals surface area contributed by atoms with Gasteiger partial charge in [-0.3, -0.25) is 4.79 Å². The zero-order valence-corrected chi connectivity index (χ0v) is 12.8. The van der Waals surface area contributed by atoms with Gasteiger partial charge in [-0.05, 0) is 24.3 Å². The second kappa shape index (κ2) is 6.97. The Morgan fingerprint density at radius 2 is 1.96 bits per heavy atom. The number of nitrogens with zero attached hydrogens (tertiary/aromatic N) is 2. The second-order valence-corrected chi connectivity index (χ2v) is 5.55. The third-order valence-electron chi connectivity index (χ3n) is 2.88. The molecule has 23 heavy (non-hydrogen) atoms. The first-order chi connectivity index (χ1) is 11.2. The number of benzene rings is 2. The van der Waals surface area contributed by atoms with Gasteiger partial charge in [0.2, 0.25) is 11.8 Å². The number of amides is 1. The normalized spacial score (nSPS) is 10.4. The topological polar surface area (TPSA) is 88.2 Å². The summed E-state index contributed by atoms with van der Waals surface area (Å²) in [6.45, 7) is 0. The summed E-state index contributed by atoms with van der Waals surface area (Å²) in [4.78, 5) is 11.9. The predicted octanol–water partition coefficient (Wildman–Crippen LogP) is 3.17. The first kappa shape index (κ1) is 15.1. The molecule has 0 saturated heterocycles. The monoisotopic (exact) mass is 327 g/mol. The van der Waals surface area contributed by atoms with Gasteiger partial charge in [0.15, 0.2) is 0 Å². The molecule has 0 aliphatic heterocycles. The van der Waals surface area contributed by atoms with Crippen LogP contribution in [0.5, 0.6) is 5.75 Å². The summed E-state index contributed by atoms with van der Waals surface area (Å²) in [5, 5.41) is 20.2. The molecule has 0 bridgehead atoms. The molecule has 1 heterocycles. The van der Waals surface area contributed by atoms with Crippen molar-refractivity contribution in [3.8, 4) is 17.2 Å². The van der Waals surface area contributed by atoms with E-state index in [2.05, 4.69) is 15.5 Å². The van der Waals surface area contributed by atoms with Crippen molar-refractivity contribution >= 4 is 23.4 Å². The number of thioether (sulfide) groups is 1. The molecule has 0 aliphatic carbocycles. The highest BCUT2D eigenvalue weighted by molar-refractivity contribution is 7.99. The van der Waals surface area contributed by atoms with E-state index in [9.17, 15) is 9.90 Å². The zero-order valence-electron chi connectivity index (χ0n) is 12.0. The lowest BCUT2D eigenvalue weighted by Crippen LogP contribution is -2.13. The number of nitrogens with one attached hydrogen (secondary N) is 1. The van der Waals surface area contributed by atoms with Crippen LogP contribution in [0.1, 0.15) is 0 Å². The minimum atomic E-state index is -0.222. The van der Waals surface area contributed by atoms with Crippen molar-refractivity contribution in [1.29, 1.82) is 0 Å². The van der Waals surface area contributed by atoms with Gasteiger partial charge in [0.1, 0.15) is 5.75 Å². The molecule has 2 N–H and O–H groups in total. The van der Waals surface area contributed by atoms with E-state index in [0.717, 1.165) is 17.3 Å². The summed E-state index contributed by atoms with van der Waals surface area (Å²) >= 11 is 1.15. The van der Waals surface area contributed by atoms with E-state index in [1.54, 1.807) is 12.1 Å². The minimum absolute atomic E-state index is 0.0971. The molecule has 0 spiro atoms. The van der Waals surface area contributed by atoms with Gasteiger partial charge in [0.25, 0.3) is 5.22 Å². The van der Waals surface area contributed by atoms with Crippen molar-refractivity contribution in [2.24, 2.45) is 0 Å². The number of phenols is 1. The summed E-state index contributed by atoms with van der Waals surface area (Å²) in [6, 6.07) is 15.8. The average Bonchev–Trinajstić information content (AvgIpc) is 3.03. The predicted molar refractivity (Wildman–Crippen MR) is 87.2 cm³/mol. The van der Waals surface area contributed by atoms with E-state index in [-0.39, 0.29) is 17.4 Å². The first-order valence-electron chi connectivity index (χ1n) is 6.81. The van der Waals surface area contributed by atoms with Gasteiger partial charge in [0, 0.05) is 17.3 Å². The van der Waals surface area contributed by atoms with Crippen molar-refractivity contribution in [3.63, 3.8) is 0 Å². The van der Waals surface area contributed by atoms with E-state index in [0.29, 0.717) is 16.8 Å². The van der Waals surface area contributed by atoms with Crippen LogP contribution in [0, 0.1) is 0 Å². The van der Waals surface area contributed by atoms with Crippen LogP contribution in [0.25, 0.3) is 11.5 Å². The standard InChI is InChI=1S/C16H13N3O3S/c20-13-8-4-7-12(9-13)17-14(21)10-23-16-19-18-15(22-16)11-5-2-1-3-6-11/h1-9,20H,10H2,(H,17,21). The van der Waals surface area contributed by atoms with Crippen LogP contribution in [0.4, 0.5) is 5.69 Å². The van der Waals surface area contributed by atoms with Crippen LogP contribution >= 0.6 is 11.8 Å². The van der Waals surface area contributed by atoms with Gasteiger partial charge in [-0.15, -0.1) is 10.2 Å². The molecule has 0 unspecified atom stereocenters. The number of hydrogen-bond donors (Lipinski definition) is 2. The number of carbonyl (C=O) groups excluding carboxylic acids is 1. The van der Waals surface area contributed by atoms with Crippen molar-refractivity contribution in [1.82, 2.24) is 10.2 Å². The van der Waals surface area contributed by atoms with E-state index < -0.39 is 0 Å². The first-order valence-corrected chi connectivity index (χ1v) is 7.80. The largest absolute Gasteiger partial charge is 0.508 e. The van der Waals surface area contributed by atoms with Gasteiger partial charge in [-0.1, -0.05) is 36.0 Å². The van der Waals surface area contributed by atoms with Gasteiger partial charge in [-0.2, -0.15) is 0 Å². The van der Waals surface area contributed by atoms with Crippen molar-refractivity contribution in [2.45, 2.75) is 5.22 Å². The van der Waals surface area contributed by atoms with Crippen molar-refractivity contribution < 1.29 is 14.3 Å². The summed E-state index contributed by atoms with van der Waals surface area (Å²) in [5.74, 6) is 0.424. The zero-order chi connectivity index (χ0) is 16.1. The lowest BCUT2D eigenvalue weighted by molar-refractivity contribution is -0.113. The Balaban J connectivity index is 1.56. The Morgan fingerprint density at radius 3 is 2.74 bits per heavy atom. The number of aromatic nitrogens is 2. The highest BCUT2D eigenvalue weighted by atomic mass is 32.2. The molecule has 2 aromatic carbocycles. The molecule has 1 aromatic heterocycles. The maximum absolute atomic E-state index is 11.9. The van der Waals surface area contributed by atoms with Crippen molar-refractivity contribution in [3.05, 3.63) is 54.6 Å². The molecule has 1 amide bonds. The number of rotatable bonds is 5. The van der Waals surface area contributed by atoms with Gasteiger partial charge in [-0.25, -0.2) is 0 Å². The summed E-state index contributed by atoms with van der Waals surface area (Å²) < 4.78 is 5.51. The second-order valence-electron chi connectivity index (χ2n) is 4.63. The molecule has 0 aliphatic rings. The quantitative estimate of drug-likeness (QED) is 0.700. The van der Waals surface area contributed by atoms with Gasteiger partial charge < -0.3 is 14.8 Å². The number of aromatic hydroxyl groups is 1. The Morgan fingerprint density at radius 1 is 1.13 bits per heavy atom. The van der Waals surface area contributed by atoms with Crippen LogP contribution in [0.2, 0.25) is 0 Å². The number of carbonyl (C=O) groups is 1. The number of anilines is 1. The van der Waals surface area contributed by atoms with E-state index in [4.69, 9.17) is 4.42 Å².